The summed E-state index contributed by atoms with van der Waals surface area (Å²) in [5, 5.41) is 3.26. The fourth-order valence-corrected chi connectivity index (χ4v) is 4.10. The fraction of sp³-hybridized carbons (Fsp3) is 0.933. The molecule has 0 spiro atoms. The molecule has 0 aromatic heterocycles. The molecule has 2 unspecified atom stereocenters. The van der Waals surface area contributed by atoms with E-state index in [-0.39, 0.29) is 6.03 Å². The van der Waals surface area contributed by atoms with E-state index in [9.17, 15) is 4.79 Å². The van der Waals surface area contributed by atoms with Crippen molar-refractivity contribution in [3.63, 3.8) is 0 Å². The van der Waals surface area contributed by atoms with Crippen molar-refractivity contribution in [3.8, 4) is 0 Å². The SMILES string of the molecule is CCN(CC)C(=O)NC1C[C@@H]2C[C@H](C1C)C2(C)C. The third kappa shape index (κ3) is 2.02. The summed E-state index contributed by atoms with van der Waals surface area (Å²) in [6.45, 7) is 12.8. The fourth-order valence-electron chi connectivity index (χ4n) is 4.10. The molecule has 18 heavy (non-hydrogen) atoms. The van der Waals surface area contributed by atoms with Crippen LogP contribution in [0, 0.1) is 23.2 Å². The topological polar surface area (TPSA) is 32.3 Å². The first-order valence-electron chi connectivity index (χ1n) is 7.47. The van der Waals surface area contributed by atoms with Gasteiger partial charge in [-0.3, -0.25) is 0 Å². The first-order valence-corrected chi connectivity index (χ1v) is 7.47. The largest absolute Gasteiger partial charge is 0.335 e. The quantitative estimate of drug-likeness (QED) is 0.822. The second-order valence-electron chi connectivity index (χ2n) is 6.68. The number of hydrogen-bond acceptors (Lipinski definition) is 1. The normalized spacial score (nSPS) is 36.7. The molecule has 1 N–H and O–H groups in total. The molecule has 3 rings (SSSR count). The third-order valence-corrected chi connectivity index (χ3v) is 5.71. The highest BCUT2D eigenvalue weighted by Crippen LogP contribution is 2.61. The number of amides is 2. The van der Waals surface area contributed by atoms with Crippen LogP contribution in [0.5, 0.6) is 0 Å². The van der Waals surface area contributed by atoms with Crippen LogP contribution >= 0.6 is 0 Å². The molecule has 3 heteroatoms. The Morgan fingerprint density at radius 3 is 2.33 bits per heavy atom. The zero-order valence-corrected chi connectivity index (χ0v) is 12.5. The maximum absolute atomic E-state index is 12.1. The van der Waals surface area contributed by atoms with Gasteiger partial charge in [0.1, 0.15) is 0 Å². The van der Waals surface area contributed by atoms with Crippen LogP contribution < -0.4 is 5.32 Å². The Labute approximate surface area is 111 Å². The number of carbonyl (C=O) groups excluding carboxylic acids is 1. The minimum atomic E-state index is 0.121. The van der Waals surface area contributed by atoms with Gasteiger partial charge in [0.05, 0.1) is 0 Å². The zero-order chi connectivity index (χ0) is 13.5. The van der Waals surface area contributed by atoms with Crippen molar-refractivity contribution in [3.05, 3.63) is 0 Å². The van der Waals surface area contributed by atoms with E-state index in [4.69, 9.17) is 0 Å². The molecular formula is C15H28N2O. The van der Waals surface area contributed by atoms with Crippen LogP contribution in [0.3, 0.4) is 0 Å². The van der Waals surface area contributed by atoms with Gasteiger partial charge in [-0.2, -0.15) is 0 Å². The minimum absolute atomic E-state index is 0.121. The molecule has 0 aromatic rings. The summed E-state index contributed by atoms with van der Waals surface area (Å²) >= 11 is 0. The highest BCUT2D eigenvalue weighted by atomic mass is 16.2. The third-order valence-electron chi connectivity index (χ3n) is 5.71. The van der Waals surface area contributed by atoms with Gasteiger partial charge in [0.25, 0.3) is 0 Å². The van der Waals surface area contributed by atoms with Crippen molar-refractivity contribution in [2.24, 2.45) is 23.2 Å². The smallest absolute Gasteiger partial charge is 0.317 e. The molecule has 0 aromatic carbocycles. The van der Waals surface area contributed by atoms with Crippen molar-refractivity contribution in [1.29, 1.82) is 0 Å². The number of rotatable bonds is 3. The van der Waals surface area contributed by atoms with Crippen molar-refractivity contribution >= 4 is 6.03 Å². The van der Waals surface area contributed by atoms with E-state index in [1.165, 1.54) is 6.42 Å². The summed E-state index contributed by atoms with van der Waals surface area (Å²) in [4.78, 5) is 14.0. The van der Waals surface area contributed by atoms with Crippen molar-refractivity contribution in [2.45, 2.75) is 53.5 Å². The molecule has 4 atom stereocenters. The molecule has 3 aliphatic carbocycles. The van der Waals surface area contributed by atoms with Crippen molar-refractivity contribution in [1.82, 2.24) is 10.2 Å². The second kappa shape index (κ2) is 4.75. The van der Waals surface area contributed by atoms with Gasteiger partial charge in [-0.05, 0) is 49.9 Å². The van der Waals surface area contributed by atoms with Crippen LogP contribution in [0.4, 0.5) is 4.79 Å². The van der Waals surface area contributed by atoms with Gasteiger partial charge in [-0.25, -0.2) is 4.79 Å². The second-order valence-corrected chi connectivity index (χ2v) is 6.68. The van der Waals surface area contributed by atoms with Crippen molar-refractivity contribution in [2.75, 3.05) is 13.1 Å². The lowest BCUT2D eigenvalue weighted by atomic mass is 9.45. The molecule has 104 valence electrons. The lowest BCUT2D eigenvalue weighted by Crippen LogP contribution is -2.61. The van der Waals surface area contributed by atoms with Crippen LogP contribution in [0.1, 0.15) is 47.5 Å². The Morgan fingerprint density at radius 2 is 1.89 bits per heavy atom. The van der Waals surface area contributed by atoms with Gasteiger partial charge in [0.2, 0.25) is 0 Å². The predicted molar refractivity (Wildman–Crippen MR) is 74.4 cm³/mol. The molecule has 0 aliphatic heterocycles. The molecule has 0 radical (unpaired) electrons. The van der Waals surface area contributed by atoms with Gasteiger partial charge < -0.3 is 10.2 Å². The van der Waals surface area contributed by atoms with E-state index in [0.29, 0.717) is 17.4 Å². The molecular weight excluding hydrogens is 224 g/mol. The summed E-state index contributed by atoms with van der Waals surface area (Å²) in [6, 6.07) is 0.505. The highest BCUT2D eigenvalue weighted by Gasteiger charge is 2.56. The number of nitrogens with one attached hydrogen (secondary N) is 1. The predicted octanol–water partition coefficient (Wildman–Crippen LogP) is 3.11. The van der Waals surface area contributed by atoms with Crippen LogP contribution in [0.2, 0.25) is 0 Å². The number of fused-ring (bicyclic) bond motifs is 2. The zero-order valence-electron chi connectivity index (χ0n) is 12.5. The first kappa shape index (κ1) is 13.7. The maximum Gasteiger partial charge on any atom is 0.317 e. The van der Waals surface area contributed by atoms with E-state index in [0.717, 1.165) is 31.3 Å². The minimum Gasteiger partial charge on any atom is -0.335 e. The summed E-state index contributed by atoms with van der Waals surface area (Å²) in [6.07, 6.45) is 2.53. The summed E-state index contributed by atoms with van der Waals surface area (Å²) < 4.78 is 0. The average Bonchev–Trinajstić information content (AvgIpc) is 2.32. The van der Waals surface area contributed by atoms with Gasteiger partial charge in [0.15, 0.2) is 0 Å². The standard InChI is InChI=1S/C15H28N2O/c1-6-17(7-2)14(18)16-13-9-11-8-12(10(13)3)15(11,4)5/h10-13H,6-9H2,1-5H3,(H,16,18)/t10?,11-,12+,13?/m0/s1. The molecule has 0 heterocycles. The molecule has 3 aliphatic rings. The van der Waals surface area contributed by atoms with Gasteiger partial charge in [-0.15, -0.1) is 0 Å². The van der Waals surface area contributed by atoms with E-state index in [2.05, 4.69) is 26.1 Å². The van der Waals surface area contributed by atoms with Crippen molar-refractivity contribution < 1.29 is 4.79 Å². The van der Waals surface area contributed by atoms with Gasteiger partial charge in [-0.1, -0.05) is 20.8 Å². The Balaban J connectivity index is 1.95. The molecule has 0 saturated heterocycles. The highest BCUT2D eigenvalue weighted by molar-refractivity contribution is 5.74. The Hall–Kier alpha value is -0.730. The summed E-state index contributed by atoms with van der Waals surface area (Å²) in [7, 11) is 0. The maximum atomic E-state index is 12.1. The molecule has 3 fully saturated rings. The van der Waals surface area contributed by atoms with E-state index >= 15 is 0 Å². The molecule has 2 bridgehead atoms. The lowest BCUT2D eigenvalue weighted by Gasteiger charge is -2.62. The van der Waals surface area contributed by atoms with Crippen LogP contribution in [-0.2, 0) is 0 Å². The van der Waals surface area contributed by atoms with E-state index in [1.807, 2.05) is 18.7 Å². The Bertz CT molecular complexity index is 322. The first-order chi connectivity index (χ1) is 8.41. The van der Waals surface area contributed by atoms with E-state index < -0.39 is 0 Å². The number of carbonyl (C=O) groups is 1. The van der Waals surface area contributed by atoms with Gasteiger partial charge in [0, 0.05) is 19.1 Å². The molecule has 2 amide bonds. The average molecular weight is 252 g/mol. The summed E-state index contributed by atoms with van der Waals surface area (Å²) in [5.74, 6) is 2.21. The van der Waals surface area contributed by atoms with Crippen LogP contribution in [0.25, 0.3) is 0 Å². The number of urea groups is 1. The molecule has 3 saturated carbocycles. The van der Waals surface area contributed by atoms with E-state index in [1.54, 1.807) is 0 Å². The van der Waals surface area contributed by atoms with Crippen LogP contribution in [0.15, 0.2) is 0 Å². The molecule has 3 nitrogen and oxygen atoms in total. The number of hydrogen-bond donors (Lipinski definition) is 1. The van der Waals surface area contributed by atoms with Crippen LogP contribution in [-0.4, -0.2) is 30.1 Å². The Kier molecular flexibility index (Phi) is 3.61. The lowest BCUT2D eigenvalue weighted by molar-refractivity contribution is -0.113. The number of nitrogens with zero attached hydrogens (tertiary/aromatic N) is 1. The summed E-state index contributed by atoms with van der Waals surface area (Å²) in [5.41, 5.74) is 0.496. The Morgan fingerprint density at radius 1 is 1.28 bits per heavy atom. The van der Waals surface area contributed by atoms with Gasteiger partial charge >= 0.3 is 6.03 Å². The monoisotopic (exact) mass is 252 g/mol.